The molecule has 0 aromatic rings. The molecule has 2 amide bonds. The number of likely N-dealkylation sites (tertiary alicyclic amines) is 1. The van der Waals surface area contributed by atoms with E-state index in [9.17, 15) is 19.2 Å². The highest BCUT2D eigenvalue weighted by molar-refractivity contribution is 5.89. The highest BCUT2D eigenvalue weighted by Gasteiger charge is 2.26. The molecule has 27 heavy (non-hydrogen) atoms. The van der Waals surface area contributed by atoms with Gasteiger partial charge in [-0.2, -0.15) is 0 Å². The minimum Gasteiger partial charge on any atom is -0.478 e. The zero-order valence-corrected chi connectivity index (χ0v) is 15.5. The van der Waals surface area contributed by atoms with Crippen molar-refractivity contribution in [2.24, 2.45) is 0 Å². The Morgan fingerprint density at radius 3 is 2.07 bits per heavy atom. The first-order chi connectivity index (χ1) is 12.8. The van der Waals surface area contributed by atoms with Gasteiger partial charge < -0.3 is 24.7 Å². The Kier molecular flexibility index (Phi) is 10.1. The Balaban J connectivity index is 0.000000387. The molecule has 2 fully saturated rings. The molecule has 10 nitrogen and oxygen atoms in total. The van der Waals surface area contributed by atoms with Crippen molar-refractivity contribution in [3.63, 3.8) is 0 Å². The Bertz CT molecular complexity index is 541. The third-order valence-corrected chi connectivity index (χ3v) is 4.20. The Morgan fingerprint density at radius 1 is 1.04 bits per heavy atom. The maximum absolute atomic E-state index is 12.1. The first-order valence-electron chi connectivity index (χ1n) is 8.74. The molecule has 0 aliphatic carbocycles. The Morgan fingerprint density at radius 2 is 1.63 bits per heavy atom. The summed E-state index contributed by atoms with van der Waals surface area (Å²) in [6.07, 6.45) is 2.60. The van der Waals surface area contributed by atoms with E-state index in [-0.39, 0.29) is 18.4 Å². The number of hydrogen-bond donors (Lipinski definition) is 2. The average molecular weight is 385 g/mol. The fourth-order valence-corrected chi connectivity index (χ4v) is 2.72. The normalized spacial score (nSPS) is 17.7. The number of nitrogens with zero attached hydrogens (tertiary/aromatic N) is 3. The number of hydrogen-bond acceptors (Lipinski definition) is 6. The molecule has 2 rings (SSSR count). The van der Waals surface area contributed by atoms with Gasteiger partial charge in [0, 0.05) is 65.0 Å². The first-order valence-corrected chi connectivity index (χ1v) is 8.74. The van der Waals surface area contributed by atoms with Gasteiger partial charge in [0.2, 0.25) is 11.8 Å². The number of rotatable bonds is 7. The van der Waals surface area contributed by atoms with Crippen molar-refractivity contribution in [1.82, 2.24) is 14.7 Å². The molecule has 2 saturated heterocycles. The molecule has 0 atom stereocenters. The van der Waals surface area contributed by atoms with Crippen LogP contribution in [-0.4, -0.2) is 108 Å². The molecule has 0 aromatic heterocycles. The van der Waals surface area contributed by atoms with Crippen LogP contribution in [0, 0.1) is 0 Å². The van der Waals surface area contributed by atoms with E-state index in [2.05, 4.69) is 4.90 Å². The number of methoxy groups -OCH3 is 1. The number of carboxylic acid groups (broad SMARTS) is 2. The molecule has 2 heterocycles. The number of piperazine rings is 1. The SMILES string of the molecule is COCCN1CCN(C(=O)CN2CCCC2=O)CC1.O=C(O)/C=C\C(=O)O. The topological polar surface area (TPSA) is 128 Å². The van der Waals surface area contributed by atoms with E-state index < -0.39 is 11.9 Å². The highest BCUT2D eigenvalue weighted by atomic mass is 16.5. The van der Waals surface area contributed by atoms with Gasteiger partial charge >= 0.3 is 11.9 Å². The summed E-state index contributed by atoms with van der Waals surface area (Å²) in [6.45, 7) is 5.94. The molecule has 152 valence electrons. The predicted octanol–water partition coefficient (Wildman–Crippen LogP) is -0.889. The Hall–Kier alpha value is -2.46. The number of amides is 2. The van der Waals surface area contributed by atoms with E-state index in [1.54, 1.807) is 12.0 Å². The average Bonchev–Trinajstić information content (AvgIpc) is 3.04. The third kappa shape index (κ3) is 9.15. The van der Waals surface area contributed by atoms with Gasteiger partial charge in [-0.15, -0.1) is 0 Å². The first kappa shape index (κ1) is 22.6. The summed E-state index contributed by atoms with van der Waals surface area (Å²) in [6, 6.07) is 0. The van der Waals surface area contributed by atoms with Crippen molar-refractivity contribution in [3.05, 3.63) is 12.2 Å². The van der Waals surface area contributed by atoms with Crippen molar-refractivity contribution in [1.29, 1.82) is 0 Å². The summed E-state index contributed by atoms with van der Waals surface area (Å²) in [7, 11) is 1.70. The maximum atomic E-state index is 12.1. The van der Waals surface area contributed by atoms with Gasteiger partial charge in [-0.3, -0.25) is 14.5 Å². The van der Waals surface area contributed by atoms with Crippen LogP contribution in [0.3, 0.4) is 0 Å². The van der Waals surface area contributed by atoms with E-state index in [4.69, 9.17) is 14.9 Å². The standard InChI is InChI=1S/C13H23N3O3.C4H4O4/c1-19-10-9-14-5-7-15(8-6-14)13(18)11-16-4-2-3-12(16)17;5-3(6)1-2-4(7)8/h2-11H2,1H3;1-2H,(H,5,6)(H,7,8)/b;2-1-. The predicted molar refractivity (Wildman–Crippen MR) is 95.1 cm³/mol. The molecule has 0 spiro atoms. The lowest BCUT2D eigenvalue weighted by molar-refractivity contribution is -0.139. The number of aliphatic carboxylic acids is 2. The molecular weight excluding hydrogens is 358 g/mol. The monoisotopic (exact) mass is 385 g/mol. The van der Waals surface area contributed by atoms with Gasteiger partial charge in [0.1, 0.15) is 0 Å². The van der Waals surface area contributed by atoms with Crippen LogP contribution < -0.4 is 0 Å². The minimum absolute atomic E-state index is 0.0849. The second kappa shape index (κ2) is 12.0. The lowest BCUT2D eigenvalue weighted by atomic mass is 10.3. The van der Waals surface area contributed by atoms with Crippen LogP contribution in [0.4, 0.5) is 0 Å². The summed E-state index contributed by atoms with van der Waals surface area (Å²) in [5, 5.41) is 15.6. The van der Waals surface area contributed by atoms with Gasteiger partial charge in [0.15, 0.2) is 0 Å². The maximum Gasteiger partial charge on any atom is 0.328 e. The van der Waals surface area contributed by atoms with Crippen molar-refractivity contribution < 1.29 is 34.1 Å². The smallest absolute Gasteiger partial charge is 0.328 e. The van der Waals surface area contributed by atoms with Crippen molar-refractivity contribution in [2.45, 2.75) is 12.8 Å². The van der Waals surface area contributed by atoms with Crippen LogP contribution in [0.25, 0.3) is 0 Å². The van der Waals surface area contributed by atoms with Gasteiger partial charge in [-0.05, 0) is 6.42 Å². The molecule has 0 saturated carbocycles. The fourth-order valence-electron chi connectivity index (χ4n) is 2.72. The van der Waals surface area contributed by atoms with Crippen LogP contribution in [0.1, 0.15) is 12.8 Å². The van der Waals surface area contributed by atoms with E-state index in [0.29, 0.717) is 18.6 Å². The van der Waals surface area contributed by atoms with Crippen molar-refractivity contribution in [3.8, 4) is 0 Å². The van der Waals surface area contributed by atoms with Gasteiger partial charge in [-0.1, -0.05) is 0 Å². The van der Waals surface area contributed by atoms with E-state index in [0.717, 1.165) is 52.3 Å². The summed E-state index contributed by atoms with van der Waals surface area (Å²) in [5.41, 5.74) is 0. The highest BCUT2D eigenvalue weighted by Crippen LogP contribution is 2.10. The second-order valence-electron chi connectivity index (χ2n) is 6.14. The number of carbonyl (C=O) groups excluding carboxylic acids is 2. The van der Waals surface area contributed by atoms with Crippen LogP contribution >= 0.6 is 0 Å². The lowest BCUT2D eigenvalue weighted by Gasteiger charge is -2.35. The zero-order chi connectivity index (χ0) is 20.2. The summed E-state index contributed by atoms with van der Waals surface area (Å²) in [5.74, 6) is -2.31. The third-order valence-electron chi connectivity index (χ3n) is 4.20. The lowest BCUT2D eigenvalue weighted by Crippen LogP contribution is -2.51. The molecule has 2 aliphatic rings. The number of carboxylic acids is 2. The Labute approximate surface area is 158 Å². The molecule has 0 unspecified atom stereocenters. The minimum atomic E-state index is -1.26. The van der Waals surface area contributed by atoms with Gasteiger partial charge in [0.05, 0.1) is 13.2 Å². The second-order valence-corrected chi connectivity index (χ2v) is 6.14. The summed E-state index contributed by atoms with van der Waals surface area (Å²) < 4.78 is 5.05. The van der Waals surface area contributed by atoms with E-state index in [1.165, 1.54) is 0 Å². The van der Waals surface area contributed by atoms with Crippen LogP contribution in [0.15, 0.2) is 12.2 Å². The van der Waals surface area contributed by atoms with Crippen molar-refractivity contribution >= 4 is 23.8 Å². The summed E-state index contributed by atoms with van der Waals surface area (Å²) >= 11 is 0. The van der Waals surface area contributed by atoms with E-state index >= 15 is 0 Å². The van der Waals surface area contributed by atoms with Crippen molar-refractivity contribution in [2.75, 3.05) is 59.5 Å². The number of carbonyl (C=O) groups is 4. The molecule has 0 aromatic carbocycles. The molecule has 2 aliphatic heterocycles. The van der Waals surface area contributed by atoms with Gasteiger partial charge in [-0.25, -0.2) is 9.59 Å². The molecule has 2 N–H and O–H groups in total. The zero-order valence-electron chi connectivity index (χ0n) is 15.5. The van der Waals surface area contributed by atoms with Gasteiger partial charge in [0.25, 0.3) is 0 Å². The molecular formula is C17H27N3O7. The number of ether oxygens (including phenoxy) is 1. The molecule has 0 bridgehead atoms. The molecule has 10 heteroatoms. The van der Waals surface area contributed by atoms with Crippen LogP contribution in [0.5, 0.6) is 0 Å². The summed E-state index contributed by atoms with van der Waals surface area (Å²) in [4.78, 5) is 48.6. The molecule has 0 radical (unpaired) electrons. The van der Waals surface area contributed by atoms with Crippen LogP contribution in [0.2, 0.25) is 0 Å². The van der Waals surface area contributed by atoms with E-state index in [1.807, 2.05) is 4.90 Å². The fraction of sp³-hybridized carbons (Fsp3) is 0.647. The van der Waals surface area contributed by atoms with Crippen LogP contribution in [-0.2, 0) is 23.9 Å². The largest absolute Gasteiger partial charge is 0.478 e. The quantitative estimate of drug-likeness (QED) is 0.540.